The number of ether oxygens (including phenoxy) is 2. The Bertz CT molecular complexity index is 439. The Morgan fingerprint density at radius 2 is 1.79 bits per heavy atom. The number of esters is 1. The van der Waals surface area contributed by atoms with Crippen LogP contribution in [0.2, 0.25) is 0 Å². The predicted octanol–water partition coefficient (Wildman–Crippen LogP) is 1.75. The summed E-state index contributed by atoms with van der Waals surface area (Å²) in [5, 5.41) is 0. The quantitative estimate of drug-likeness (QED) is 0.795. The van der Waals surface area contributed by atoms with Gasteiger partial charge in [0.05, 0.1) is 7.11 Å². The fourth-order valence-electron chi connectivity index (χ4n) is 1.61. The Morgan fingerprint density at radius 1 is 1.21 bits per heavy atom. The largest absolute Gasteiger partial charge is 0.479 e. The van der Waals surface area contributed by atoms with E-state index < -0.39 is 18.0 Å². The summed E-state index contributed by atoms with van der Waals surface area (Å²) in [6.07, 6.45) is -0.0889. The first kappa shape index (κ1) is 15.0. The van der Waals surface area contributed by atoms with Crippen molar-refractivity contribution in [1.82, 2.24) is 0 Å². The third-order valence-corrected chi connectivity index (χ3v) is 2.57. The number of rotatable bonds is 6. The molecule has 0 radical (unpaired) electrons. The number of methoxy groups -OCH3 is 1. The van der Waals surface area contributed by atoms with Crippen molar-refractivity contribution in [3.63, 3.8) is 0 Å². The minimum atomic E-state index is -0.649. The number of carbonyl (C=O) groups is 2. The molecular weight excluding hydrogens is 246 g/mol. The fourth-order valence-corrected chi connectivity index (χ4v) is 1.61. The summed E-state index contributed by atoms with van der Waals surface area (Å²) in [6, 6.07) is 6.33. The Labute approximate surface area is 112 Å². The van der Waals surface area contributed by atoms with Gasteiger partial charge in [0.25, 0.3) is 0 Å². The minimum absolute atomic E-state index is 0.300. The lowest BCUT2D eigenvalue weighted by molar-refractivity contribution is -0.149. The number of nitrogens with two attached hydrogens (primary N) is 1. The smallest absolute Gasteiger partial charge is 0.347 e. The molecule has 5 nitrogen and oxygen atoms in total. The Kier molecular flexibility index (Phi) is 5.36. The molecule has 0 unspecified atom stereocenters. The Hall–Kier alpha value is -2.04. The molecule has 1 atom stereocenters. The van der Waals surface area contributed by atoms with E-state index in [0.29, 0.717) is 23.7 Å². The Balaban J connectivity index is 2.78. The molecule has 0 aliphatic heterocycles. The Morgan fingerprint density at radius 3 is 2.21 bits per heavy atom. The van der Waals surface area contributed by atoms with Crippen LogP contribution in [-0.4, -0.2) is 25.1 Å². The van der Waals surface area contributed by atoms with E-state index in [1.54, 1.807) is 24.3 Å². The molecule has 1 amide bonds. The van der Waals surface area contributed by atoms with Gasteiger partial charge in [-0.25, -0.2) is 4.79 Å². The highest BCUT2D eigenvalue weighted by Crippen LogP contribution is 2.17. The summed E-state index contributed by atoms with van der Waals surface area (Å²) in [5.41, 5.74) is 5.54. The second-order valence-corrected chi connectivity index (χ2v) is 4.65. The van der Waals surface area contributed by atoms with Crippen molar-refractivity contribution in [1.29, 1.82) is 0 Å². The standard InChI is InChI=1S/C14H19NO4/c1-9(2)8-12(14(17)18-3)19-11-6-4-10(5-7-11)13(15)16/h4-7,9,12H,8H2,1-3H3,(H2,15,16)/t12-/m1/s1. The number of carbonyl (C=O) groups excluding carboxylic acids is 2. The lowest BCUT2D eigenvalue weighted by atomic mass is 10.1. The SMILES string of the molecule is COC(=O)[C@@H](CC(C)C)Oc1ccc(C(N)=O)cc1. The van der Waals surface area contributed by atoms with Crippen molar-refractivity contribution in [3.05, 3.63) is 29.8 Å². The van der Waals surface area contributed by atoms with E-state index in [1.165, 1.54) is 7.11 Å². The average Bonchev–Trinajstić information content (AvgIpc) is 2.37. The first-order valence-electron chi connectivity index (χ1n) is 6.08. The highest BCUT2D eigenvalue weighted by atomic mass is 16.6. The topological polar surface area (TPSA) is 78.6 Å². The number of hydrogen-bond donors (Lipinski definition) is 1. The third kappa shape index (κ3) is 4.62. The first-order chi connectivity index (χ1) is 8.93. The zero-order valence-electron chi connectivity index (χ0n) is 11.4. The van der Waals surface area contributed by atoms with Gasteiger partial charge in [-0.1, -0.05) is 13.8 Å². The maximum Gasteiger partial charge on any atom is 0.347 e. The zero-order valence-corrected chi connectivity index (χ0v) is 11.4. The van der Waals surface area contributed by atoms with Crippen LogP contribution < -0.4 is 10.5 Å². The molecule has 104 valence electrons. The zero-order chi connectivity index (χ0) is 14.4. The average molecular weight is 265 g/mol. The van der Waals surface area contributed by atoms with Gasteiger partial charge in [-0.2, -0.15) is 0 Å². The summed E-state index contributed by atoms with van der Waals surface area (Å²) >= 11 is 0. The number of hydrogen-bond acceptors (Lipinski definition) is 4. The van der Waals surface area contributed by atoms with E-state index >= 15 is 0 Å². The molecule has 0 saturated heterocycles. The van der Waals surface area contributed by atoms with Crippen LogP contribution in [0.5, 0.6) is 5.75 Å². The fraction of sp³-hybridized carbons (Fsp3) is 0.429. The highest BCUT2D eigenvalue weighted by molar-refractivity contribution is 5.92. The second kappa shape index (κ2) is 6.78. The molecule has 0 bridgehead atoms. The van der Waals surface area contributed by atoms with Crippen molar-refractivity contribution in [2.75, 3.05) is 7.11 Å². The van der Waals surface area contributed by atoms with Crippen LogP contribution in [0, 0.1) is 5.92 Å². The lowest BCUT2D eigenvalue weighted by Crippen LogP contribution is -2.30. The summed E-state index contributed by atoms with van der Waals surface area (Å²) in [5.74, 6) is -0.110. The number of benzene rings is 1. The van der Waals surface area contributed by atoms with Gasteiger partial charge < -0.3 is 15.2 Å². The molecule has 1 rings (SSSR count). The van der Waals surface area contributed by atoms with Gasteiger partial charge in [0.1, 0.15) is 5.75 Å². The molecule has 1 aromatic carbocycles. The molecule has 19 heavy (non-hydrogen) atoms. The molecule has 5 heteroatoms. The summed E-state index contributed by atoms with van der Waals surface area (Å²) in [7, 11) is 1.33. The van der Waals surface area contributed by atoms with Crippen LogP contribution in [0.15, 0.2) is 24.3 Å². The maximum atomic E-state index is 11.6. The molecule has 0 aliphatic rings. The van der Waals surface area contributed by atoms with Gasteiger partial charge in [-0.15, -0.1) is 0 Å². The molecule has 0 aromatic heterocycles. The van der Waals surface area contributed by atoms with Crippen LogP contribution in [0.1, 0.15) is 30.6 Å². The maximum absolute atomic E-state index is 11.6. The molecule has 0 fully saturated rings. The minimum Gasteiger partial charge on any atom is -0.479 e. The normalized spacial score (nSPS) is 12.0. The van der Waals surface area contributed by atoms with E-state index in [2.05, 4.69) is 0 Å². The van der Waals surface area contributed by atoms with E-state index in [9.17, 15) is 9.59 Å². The summed E-state index contributed by atoms with van der Waals surface area (Å²) < 4.78 is 10.3. The second-order valence-electron chi connectivity index (χ2n) is 4.65. The van der Waals surface area contributed by atoms with Crippen molar-refractivity contribution in [2.24, 2.45) is 11.7 Å². The van der Waals surface area contributed by atoms with Gasteiger partial charge in [0, 0.05) is 5.56 Å². The van der Waals surface area contributed by atoms with E-state index in [0.717, 1.165) is 0 Å². The molecule has 0 saturated carbocycles. The van der Waals surface area contributed by atoms with Crippen LogP contribution in [0.3, 0.4) is 0 Å². The van der Waals surface area contributed by atoms with Crippen molar-refractivity contribution < 1.29 is 19.1 Å². The van der Waals surface area contributed by atoms with Gasteiger partial charge in [0.2, 0.25) is 5.91 Å². The summed E-state index contributed by atoms with van der Waals surface area (Å²) in [4.78, 5) is 22.5. The van der Waals surface area contributed by atoms with E-state index in [4.69, 9.17) is 15.2 Å². The molecule has 1 aromatic rings. The molecule has 2 N–H and O–H groups in total. The molecular formula is C14H19NO4. The van der Waals surface area contributed by atoms with E-state index in [1.807, 2.05) is 13.8 Å². The molecule has 0 spiro atoms. The third-order valence-electron chi connectivity index (χ3n) is 2.57. The van der Waals surface area contributed by atoms with Gasteiger partial charge in [-0.3, -0.25) is 4.79 Å². The van der Waals surface area contributed by atoms with Crippen LogP contribution in [-0.2, 0) is 9.53 Å². The van der Waals surface area contributed by atoms with Crippen LogP contribution >= 0.6 is 0 Å². The molecule has 0 aliphatic carbocycles. The predicted molar refractivity (Wildman–Crippen MR) is 70.8 cm³/mol. The van der Waals surface area contributed by atoms with Crippen molar-refractivity contribution in [2.45, 2.75) is 26.4 Å². The number of amides is 1. The first-order valence-corrected chi connectivity index (χ1v) is 6.08. The van der Waals surface area contributed by atoms with Crippen molar-refractivity contribution >= 4 is 11.9 Å². The van der Waals surface area contributed by atoms with Gasteiger partial charge in [-0.05, 0) is 36.6 Å². The highest BCUT2D eigenvalue weighted by Gasteiger charge is 2.22. The lowest BCUT2D eigenvalue weighted by Gasteiger charge is -2.18. The van der Waals surface area contributed by atoms with Gasteiger partial charge in [0.15, 0.2) is 6.10 Å². The van der Waals surface area contributed by atoms with Gasteiger partial charge >= 0.3 is 5.97 Å². The summed E-state index contributed by atoms with van der Waals surface area (Å²) in [6.45, 7) is 3.99. The molecule has 0 heterocycles. The van der Waals surface area contributed by atoms with E-state index in [-0.39, 0.29) is 0 Å². The van der Waals surface area contributed by atoms with Crippen LogP contribution in [0.25, 0.3) is 0 Å². The van der Waals surface area contributed by atoms with Crippen LogP contribution in [0.4, 0.5) is 0 Å². The number of primary amides is 1. The van der Waals surface area contributed by atoms with Crippen molar-refractivity contribution in [3.8, 4) is 5.75 Å². The monoisotopic (exact) mass is 265 g/mol.